The van der Waals surface area contributed by atoms with E-state index >= 15 is 0 Å². The van der Waals surface area contributed by atoms with Gasteiger partial charge < -0.3 is 10.2 Å². The number of nitrogens with one attached hydrogen (secondary N) is 1. The van der Waals surface area contributed by atoms with E-state index in [9.17, 15) is 4.79 Å². The lowest BCUT2D eigenvalue weighted by Gasteiger charge is -2.32. The van der Waals surface area contributed by atoms with Crippen LogP contribution in [0.5, 0.6) is 0 Å². The fourth-order valence-corrected chi connectivity index (χ4v) is 3.31. The van der Waals surface area contributed by atoms with Gasteiger partial charge in [0.1, 0.15) is 0 Å². The largest absolute Gasteiger partial charge is 0.339 e. The van der Waals surface area contributed by atoms with Gasteiger partial charge in [0, 0.05) is 25.0 Å². The van der Waals surface area contributed by atoms with Crippen molar-refractivity contribution in [2.45, 2.75) is 26.7 Å². The number of hydrogen-bond acceptors (Lipinski definition) is 4. The molecule has 0 saturated carbocycles. The van der Waals surface area contributed by atoms with Gasteiger partial charge in [-0.05, 0) is 64.4 Å². The SMILES string of the molecule is CNCC1CCN(C(=O)c2ccc(-n3nc(C)cc3C)nc2)CC1. The van der Waals surface area contributed by atoms with Crippen LogP contribution in [0, 0.1) is 19.8 Å². The number of carbonyl (C=O) groups is 1. The number of hydrogen-bond donors (Lipinski definition) is 1. The first-order chi connectivity index (χ1) is 11.6. The molecule has 24 heavy (non-hydrogen) atoms. The third kappa shape index (κ3) is 3.48. The third-order valence-electron chi connectivity index (χ3n) is 4.62. The summed E-state index contributed by atoms with van der Waals surface area (Å²) >= 11 is 0. The number of amides is 1. The fourth-order valence-electron chi connectivity index (χ4n) is 3.31. The summed E-state index contributed by atoms with van der Waals surface area (Å²) in [4.78, 5) is 19.0. The fraction of sp³-hybridized carbons (Fsp3) is 0.500. The Morgan fingerprint density at radius 2 is 2.04 bits per heavy atom. The Morgan fingerprint density at radius 1 is 1.29 bits per heavy atom. The van der Waals surface area contributed by atoms with E-state index in [0.29, 0.717) is 11.5 Å². The molecule has 0 unspecified atom stereocenters. The van der Waals surface area contributed by atoms with Crippen LogP contribution in [0.2, 0.25) is 0 Å². The van der Waals surface area contributed by atoms with Gasteiger partial charge >= 0.3 is 0 Å². The Kier molecular flexibility index (Phi) is 4.94. The maximum atomic E-state index is 12.6. The molecule has 1 saturated heterocycles. The van der Waals surface area contributed by atoms with E-state index in [-0.39, 0.29) is 5.91 Å². The number of likely N-dealkylation sites (tertiary alicyclic amines) is 1. The molecule has 1 amide bonds. The molecule has 6 heteroatoms. The second-order valence-corrected chi connectivity index (χ2v) is 6.54. The molecule has 3 rings (SSSR count). The highest BCUT2D eigenvalue weighted by molar-refractivity contribution is 5.94. The number of nitrogens with zero attached hydrogens (tertiary/aromatic N) is 4. The third-order valence-corrected chi connectivity index (χ3v) is 4.62. The van der Waals surface area contributed by atoms with Crippen molar-refractivity contribution >= 4 is 5.91 Å². The Bertz CT molecular complexity index is 699. The molecule has 128 valence electrons. The van der Waals surface area contributed by atoms with Crippen molar-refractivity contribution in [1.29, 1.82) is 0 Å². The molecule has 3 heterocycles. The molecule has 6 nitrogen and oxygen atoms in total. The Balaban J connectivity index is 1.67. The normalized spacial score (nSPS) is 15.7. The number of rotatable bonds is 4. The summed E-state index contributed by atoms with van der Waals surface area (Å²) < 4.78 is 1.80. The van der Waals surface area contributed by atoms with Crippen LogP contribution in [-0.2, 0) is 0 Å². The molecule has 0 bridgehead atoms. The number of piperidine rings is 1. The molecule has 2 aromatic heterocycles. The van der Waals surface area contributed by atoms with Crippen molar-refractivity contribution in [3.8, 4) is 5.82 Å². The van der Waals surface area contributed by atoms with E-state index in [2.05, 4.69) is 15.4 Å². The summed E-state index contributed by atoms with van der Waals surface area (Å²) in [6, 6.07) is 5.72. The summed E-state index contributed by atoms with van der Waals surface area (Å²) in [6.07, 6.45) is 3.78. The van der Waals surface area contributed by atoms with Gasteiger partial charge in [0.2, 0.25) is 0 Å². The van der Waals surface area contributed by atoms with Crippen LogP contribution in [0.25, 0.3) is 5.82 Å². The highest BCUT2D eigenvalue weighted by Crippen LogP contribution is 2.19. The lowest BCUT2D eigenvalue weighted by Crippen LogP contribution is -2.40. The van der Waals surface area contributed by atoms with Gasteiger partial charge in [0.05, 0.1) is 11.3 Å². The Labute approximate surface area is 142 Å². The van der Waals surface area contributed by atoms with Gasteiger partial charge in [-0.15, -0.1) is 0 Å². The topological polar surface area (TPSA) is 63.1 Å². The number of carbonyl (C=O) groups excluding carboxylic acids is 1. The summed E-state index contributed by atoms with van der Waals surface area (Å²) in [5.41, 5.74) is 2.64. The first kappa shape index (κ1) is 16.6. The predicted octanol–water partition coefficient (Wildman–Crippen LogP) is 1.96. The van der Waals surface area contributed by atoms with Gasteiger partial charge in [-0.1, -0.05) is 0 Å². The average molecular weight is 327 g/mol. The van der Waals surface area contributed by atoms with Crippen LogP contribution in [0.3, 0.4) is 0 Å². The van der Waals surface area contributed by atoms with E-state index in [4.69, 9.17) is 0 Å². The van der Waals surface area contributed by atoms with Crippen LogP contribution >= 0.6 is 0 Å². The predicted molar refractivity (Wildman–Crippen MR) is 93.4 cm³/mol. The minimum atomic E-state index is 0.0744. The molecule has 2 aromatic rings. The molecule has 0 spiro atoms. The quantitative estimate of drug-likeness (QED) is 0.932. The van der Waals surface area contributed by atoms with Crippen LogP contribution in [0.4, 0.5) is 0 Å². The van der Waals surface area contributed by atoms with E-state index in [1.54, 1.807) is 10.9 Å². The zero-order valence-corrected chi connectivity index (χ0v) is 14.6. The highest BCUT2D eigenvalue weighted by atomic mass is 16.2. The lowest BCUT2D eigenvalue weighted by atomic mass is 9.96. The maximum Gasteiger partial charge on any atom is 0.255 e. The molecule has 0 aromatic carbocycles. The Hall–Kier alpha value is -2.21. The zero-order valence-electron chi connectivity index (χ0n) is 14.6. The molecule has 0 atom stereocenters. The van der Waals surface area contributed by atoms with Crippen LogP contribution in [0.1, 0.15) is 34.6 Å². The second kappa shape index (κ2) is 7.13. The first-order valence-electron chi connectivity index (χ1n) is 8.52. The van der Waals surface area contributed by atoms with E-state index < -0.39 is 0 Å². The van der Waals surface area contributed by atoms with Crippen molar-refractivity contribution in [2.75, 3.05) is 26.7 Å². The number of aryl methyl sites for hydroxylation is 2. The van der Waals surface area contributed by atoms with Crippen molar-refractivity contribution < 1.29 is 4.79 Å². The van der Waals surface area contributed by atoms with Crippen molar-refractivity contribution in [2.24, 2.45) is 5.92 Å². The van der Waals surface area contributed by atoms with Gasteiger partial charge in [0.15, 0.2) is 5.82 Å². The molecule has 0 aliphatic carbocycles. The van der Waals surface area contributed by atoms with Crippen molar-refractivity contribution in [3.63, 3.8) is 0 Å². The number of aromatic nitrogens is 3. The minimum Gasteiger partial charge on any atom is -0.339 e. The summed E-state index contributed by atoms with van der Waals surface area (Å²) in [7, 11) is 1.98. The lowest BCUT2D eigenvalue weighted by molar-refractivity contribution is 0.0690. The van der Waals surface area contributed by atoms with Gasteiger partial charge in [-0.2, -0.15) is 5.10 Å². The maximum absolute atomic E-state index is 12.6. The smallest absolute Gasteiger partial charge is 0.255 e. The standard InChI is InChI=1S/C18H25N5O/c1-13-10-14(2)23(21-13)17-5-4-16(12-20-17)18(24)22-8-6-15(7-9-22)11-19-3/h4-5,10,12,15,19H,6-9,11H2,1-3H3. The van der Waals surface area contributed by atoms with E-state index in [0.717, 1.165) is 49.7 Å². The molecule has 1 aliphatic rings. The summed E-state index contributed by atoms with van der Waals surface area (Å²) in [6.45, 7) is 6.63. The summed E-state index contributed by atoms with van der Waals surface area (Å²) in [5, 5.41) is 7.64. The molecular weight excluding hydrogens is 302 g/mol. The van der Waals surface area contributed by atoms with Crippen LogP contribution in [-0.4, -0.2) is 52.3 Å². The monoisotopic (exact) mass is 327 g/mol. The Morgan fingerprint density at radius 3 is 2.58 bits per heavy atom. The van der Waals surface area contributed by atoms with Crippen molar-refractivity contribution in [3.05, 3.63) is 41.3 Å². The van der Waals surface area contributed by atoms with Crippen LogP contribution in [0.15, 0.2) is 24.4 Å². The molecule has 1 fully saturated rings. The minimum absolute atomic E-state index is 0.0744. The molecular formula is C18H25N5O. The van der Waals surface area contributed by atoms with Crippen molar-refractivity contribution in [1.82, 2.24) is 25.0 Å². The van der Waals surface area contributed by atoms with Gasteiger partial charge in [-0.25, -0.2) is 9.67 Å². The van der Waals surface area contributed by atoms with E-state index in [1.807, 2.05) is 44.0 Å². The second-order valence-electron chi connectivity index (χ2n) is 6.54. The van der Waals surface area contributed by atoms with E-state index in [1.165, 1.54) is 0 Å². The number of pyridine rings is 1. The highest BCUT2D eigenvalue weighted by Gasteiger charge is 2.23. The van der Waals surface area contributed by atoms with Crippen LogP contribution < -0.4 is 5.32 Å². The van der Waals surface area contributed by atoms with Gasteiger partial charge in [-0.3, -0.25) is 4.79 Å². The summed E-state index contributed by atoms with van der Waals surface area (Å²) in [5.74, 6) is 1.49. The van der Waals surface area contributed by atoms with Gasteiger partial charge in [0.25, 0.3) is 5.91 Å². The average Bonchev–Trinajstić information content (AvgIpc) is 2.94. The zero-order chi connectivity index (χ0) is 17.1. The molecule has 1 N–H and O–H groups in total. The molecule has 0 radical (unpaired) electrons. The first-order valence-corrected chi connectivity index (χ1v) is 8.52. The molecule has 1 aliphatic heterocycles.